The van der Waals surface area contributed by atoms with E-state index in [1.54, 1.807) is 10.9 Å². The number of hydrogen-bond donors (Lipinski definition) is 2. The van der Waals surface area contributed by atoms with Crippen LogP contribution in [0.5, 0.6) is 0 Å². The molecule has 0 atom stereocenters. The van der Waals surface area contributed by atoms with Crippen molar-refractivity contribution in [2.75, 3.05) is 4.72 Å². The van der Waals surface area contributed by atoms with Crippen molar-refractivity contribution < 1.29 is 13.2 Å². The summed E-state index contributed by atoms with van der Waals surface area (Å²) in [5.41, 5.74) is 6.81. The molecule has 0 bridgehead atoms. The van der Waals surface area contributed by atoms with Crippen LogP contribution in [0.4, 0.5) is 5.69 Å². The van der Waals surface area contributed by atoms with Gasteiger partial charge in [0, 0.05) is 11.8 Å². The summed E-state index contributed by atoms with van der Waals surface area (Å²) in [4.78, 5) is 11.1. The third-order valence-electron chi connectivity index (χ3n) is 3.52. The highest BCUT2D eigenvalue weighted by molar-refractivity contribution is 7.92. The number of carbonyl (C=O) groups excluding carboxylic acids is 1. The first-order valence-corrected chi connectivity index (χ1v) is 8.91. The summed E-state index contributed by atoms with van der Waals surface area (Å²) in [5.74, 6) is -0.612. The van der Waals surface area contributed by atoms with Crippen molar-refractivity contribution in [3.05, 3.63) is 78.1 Å². The number of rotatable bonds is 6. The van der Waals surface area contributed by atoms with Gasteiger partial charge in [-0.15, -0.1) is 0 Å². The number of sulfonamides is 1. The molecule has 3 N–H and O–H groups in total. The molecule has 0 spiro atoms. The molecule has 1 aromatic heterocycles. The van der Waals surface area contributed by atoms with Gasteiger partial charge in [0.15, 0.2) is 0 Å². The van der Waals surface area contributed by atoms with Crippen LogP contribution in [0.1, 0.15) is 15.9 Å². The first-order chi connectivity index (χ1) is 11.9. The molecule has 0 saturated carbocycles. The molecule has 1 amide bonds. The van der Waals surface area contributed by atoms with Gasteiger partial charge in [-0.2, -0.15) is 5.10 Å². The zero-order valence-corrected chi connectivity index (χ0v) is 14.0. The molecule has 0 aliphatic carbocycles. The van der Waals surface area contributed by atoms with Gasteiger partial charge in [-0.05, 0) is 29.8 Å². The van der Waals surface area contributed by atoms with Crippen LogP contribution in [0.15, 0.2) is 71.9 Å². The van der Waals surface area contributed by atoms with E-state index in [0.29, 0.717) is 12.2 Å². The second-order valence-corrected chi connectivity index (χ2v) is 7.09. The van der Waals surface area contributed by atoms with E-state index in [9.17, 15) is 13.2 Å². The van der Waals surface area contributed by atoms with Crippen molar-refractivity contribution in [2.24, 2.45) is 5.73 Å². The molecule has 7 nitrogen and oxygen atoms in total. The lowest BCUT2D eigenvalue weighted by Gasteiger charge is -2.06. The van der Waals surface area contributed by atoms with Gasteiger partial charge in [0.1, 0.15) is 0 Å². The van der Waals surface area contributed by atoms with E-state index in [0.717, 1.165) is 5.56 Å². The van der Waals surface area contributed by atoms with E-state index >= 15 is 0 Å². The summed E-state index contributed by atoms with van der Waals surface area (Å²) in [7, 11) is -3.77. The molecule has 2 aromatic carbocycles. The Labute approximate surface area is 145 Å². The van der Waals surface area contributed by atoms with Gasteiger partial charge in [-0.1, -0.05) is 30.3 Å². The van der Waals surface area contributed by atoms with Gasteiger partial charge in [0.05, 0.1) is 23.3 Å². The van der Waals surface area contributed by atoms with Crippen LogP contribution in [0.3, 0.4) is 0 Å². The topological polar surface area (TPSA) is 107 Å². The van der Waals surface area contributed by atoms with Crippen LogP contribution in [0, 0.1) is 0 Å². The van der Waals surface area contributed by atoms with Crippen molar-refractivity contribution in [1.29, 1.82) is 0 Å². The third-order valence-corrected chi connectivity index (χ3v) is 4.92. The number of carbonyl (C=O) groups is 1. The first kappa shape index (κ1) is 16.7. The minimum Gasteiger partial charge on any atom is -0.366 e. The van der Waals surface area contributed by atoms with Crippen molar-refractivity contribution in [3.63, 3.8) is 0 Å². The van der Waals surface area contributed by atoms with E-state index < -0.39 is 15.9 Å². The monoisotopic (exact) mass is 356 g/mol. The van der Waals surface area contributed by atoms with Gasteiger partial charge in [0.25, 0.3) is 10.0 Å². The maximum absolute atomic E-state index is 12.4. The molecule has 0 saturated heterocycles. The van der Waals surface area contributed by atoms with Gasteiger partial charge < -0.3 is 5.73 Å². The number of benzene rings is 2. The fraction of sp³-hybridized carbons (Fsp3) is 0.0588. The summed E-state index contributed by atoms with van der Waals surface area (Å²) >= 11 is 0. The molecule has 8 heteroatoms. The fourth-order valence-corrected chi connectivity index (χ4v) is 3.31. The molecule has 25 heavy (non-hydrogen) atoms. The number of anilines is 1. The Morgan fingerprint density at radius 1 is 1.08 bits per heavy atom. The SMILES string of the molecule is NC(=O)c1ccc(S(=O)(=O)Nc2cnn(Cc3ccccc3)c2)cc1. The second-order valence-electron chi connectivity index (χ2n) is 5.41. The number of amides is 1. The van der Waals surface area contributed by atoms with Gasteiger partial charge in [-0.25, -0.2) is 8.42 Å². The fourth-order valence-electron chi connectivity index (χ4n) is 2.29. The van der Waals surface area contributed by atoms with Gasteiger partial charge in [-0.3, -0.25) is 14.2 Å². The summed E-state index contributed by atoms with van der Waals surface area (Å²) in [6, 6.07) is 15.1. The maximum atomic E-state index is 12.4. The van der Waals surface area contributed by atoms with E-state index in [1.807, 2.05) is 30.3 Å². The van der Waals surface area contributed by atoms with Crippen molar-refractivity contribution in [2.45, 2.75) is 11.4 Å². The van der Waals surface area contributed by atoms with E-state index in [1.165, 1.54) is 30.5 Å². The number of hydrogen-bond acceptors (Lipinski definition) is 4. The summed E-state index contributed by atoms with van der Waals surface area (Å²) in [6.45, 7) is 0.538. The number of primary amides is 1. The minimum absolute atomic E-state index is 0.0355. The van der Waals surface area contributed by atoms with Crippen molar-refractivity contribution in [1.82, 2.24) is 9.78 Å². The summed E-state index contributed by atoms with van der Waals surface area (Å²) in [5, 5.41) is 4.16. The average Bonchev–Trinajstić information content (AvgIpc) is 3.02. The molecular formula is C17H16N4O3S. The van der Waals surface area contributed by atoms with Crippen molar-refractivity contribution >= 4 is 21.6 Å². The number of nitrogens with two attached hydrogens (primary N) is 1. The van der Waals surface area contributed by atoms with Crippen LogP contribution in [-0.2, 0) is 16.6 Å². The largest absolute Gasteiger partial charge is 0.366 e. The zero-order valence-electron chi connectivity index (χ0n) is 13.2. The smallest absolute Gasteiger partial charge is 0.261 e. The predicted octanol–water partition coefficient (Wildman–Crippen LogP) is 1.83. The number of aromatic nitrogens is 2. The average molecular weight is 356 g/mol. The molecule has 3 aromatic rings. The molecule has 0 aliphatic heterocycles. The highest BCUT2D eigenvalue weighted by Gasteiger charge is 2.15. The van der Waals surface area contributed by atoms with Crippen LogP contribution in [0.25, 0.3) is 0 Å². The zero-order chi connectivity index (χ0) is 17.9. The number of nitrogens with zero attached hydrogens (tertiary/aromatic N) is 2. The second kappa shape index (κ2) is 6.78. The van der Waals surface area contributed by atoms with Crippen molar-refractivity contribution in [3.8, 4) is 0 Å². The van der Waals surface area contributed by atoms with Gasteiger partial charge >= 0.3 is 0 Å². The molecule has 3 rings (SSSR count). The molecule has 128 valence electrons. The quantitative estimate of drug-likeness (QED) is 0.702. The molecule has 1 heterocycles. The lowest BCUT2D eigenvalue weighted by molar-refractivity contribution is 0.1000. The van der Waals surface area contributed by atoms with Gasteiger partial charge in [0.2, 0.25) is 5.91 Å². The van der Waals surface area contributed by atoms with Crippen LogP contribution in [0.2, 0.25) is 0 Å². The predicted molar refractivity (Wildman–Crippen MR) is 93.5 cm³/mol. The molecule has 0 unspecified atom stereocenters. The molecule has 0 aliphatic rings. The maximum Gasteiger partial charge on any atom is 0.261 e. The molecular weight excluding hydrogens is 340 g/mol. The van der Waals surface area contributed by atoms with E-state index in [-0.39, 0.29) is 10.5 Å². The summed E-state index contributed by atoms with van der Waals surface area (Å²) < 4.78 is 28.9. The van der Waals surface area contributed by atoms with Crippen LogP contribution in [-0.4, -0.2) is 24.1 Å². The minimum atomic E-state index is -3.77. The Morgan fingerprint density at radius 2 is 1.76 bits per heavy atom. The Morgan fingerprint density at radius 3 is 2.40 bits per heavy atom. The van der Waals surface area contributed by atoms with Crippen LogP contribution >= 0.6 is 0 Å². The Bertz CT molecular complexity index is 980. The number of nitrogens with one attached hydrogen (secondary N) is 1. The lowest BCUT2D eigenvalue weighted by atomic mass is 10.2. The first-order valence-electron chi connectivity index (χ1n) is 7.43. The van der Waals surface area contributed by atoms with E-state index in [4.69, 9.17) is 5.73 Å². The van der Waals surface area contributed by atoms with Crippen LogP contribution < -0.4 is 10.5 Å². The summed E-state index contributed by atoms with van der Waals surface area (Å²) in [6.07, 6.45) is 3.06. The lowest BCUT2D eigenvalue weighted by Crippen LogP contribution is -2.14. The Kier molecular flexibility index (Phi) is 4.53. The molecule has 0 radical (unpaired) electrons. The standard InChI is InChI=1S/C17H16N4O3S/c18-17(22)14-6-8-16(9-7-14)25(23,24)20-15-10-19-21(12-15)11-13-4-2-1-3-5-13/h1-10,12,20H,11H2,(H2,18,22). The molecule has 0 fully saturated rings. The highest BCUT2D eigenvalue weighted by Crippen LogP contribution is 2.16. The Balaban J connectivity index is 1.74. The van der Waals surface area contributed by atoms with E-state index in [2.05, 4.69) is 9.82 Å². The normalized spacial score (nSPS) is 11.2. The Hall–Kier alpha value is -3.13. The highest BCUT2D eigenvalue weighted by atomic mass is 32.2. The third kappa shape index (κ3) is 4.04.